The average Bonchev–Trinajstić information content (AvgIpc) is 2.84. The van der Waals surface area contributed by atoms with E-state index in [2.05, 4.69) is 10.6 Å². The first-order valence-electron chi connectivity index (χ1n) is 6.54. The van der Waals surface area contributed by atoms with Crippen molar-refractivity contribution < 1.29 is 13.6 Å². The highest BCUT2D eigenvalue weighted by molar-refractivity contribution is 5.95. The molecule has 1 amide bonds. The van der Waals surface area contributed by atoms with Crippen molar-refractivity contribution in [2.24, 2.45) is 5.41 Å². The number of benzene rings is 1. The zero-order chi connectivity index (χ0) is 13.9. The Morgan fingerprint density at radius 3 is 2.89 bits per heavy atom. The molecule has 1 aromatic rings. The molecule has 3 nitrogen and oxygen atoms in total. The van der Waals surface area contributed by atoms with Gasteiger partial charge in [0.25, 0.3) is 0 Å². The second-order valence-corrected chi connectivity index (χ2v) is 5.04. The highest BCUT2D eigenvalue weighted by atomic mass is 19.1. The SMILES string of the molecule is CCCC1(C(=O)Nc2cc(F)ccc2F)CCNC1. The molecule has 19 heavy (non-hydrogen) atoms. The molecule has 1 unspecified atom stereocenters. The van der Waals surface area contributed by atoms with Gasteiger partial charge in [-0.3, -0.25) is 4.79 Å². The van der Waals surface area contributed by atoms with E-state index in [1.165, 1.54) is 0 Å². The highest BCUT2D eigenvalue weighted by Gasteiger charge is 2.40. The molecule has 5 heteroatoms. The fraction of sp³-hybridized carbons (Fsp3) is 0.500. The van der Waals surface area contributed by atoms with Crippen LogP contribution in [-0.2, 0) is 4.79 Å². The Bertz CT molecular complexity index is 471. The number of hydrogen-bond donors (Lipinski definition) is 2. The van der Waals surface area contributed by atoms with E-state index in [1.54, 1.807) is 0 Å². The number of halogens is 2. The molecule has 2 N–H and O–H groups in total. The molecule has 1 aromatic carbocycles. The Kier molecular flexibility index (Phi) is 4.14. The zero-order valence-electron chi connectivity index (χ0n) is 10.9. The molecule has 1 heterocycles. The van der Waals surface area contributed by atoms with E-state index in [0.29, 0.717) is 6.54 Å². The maximum atomic E-state index is 13.5. The van der Waals surface area contributed by atoms with Crippen LogP contribution in [0, 0.1) is 17.0 Å². The van der Waals surface area contributed by atoms with Gasteiger partial charge in [-0.05, 0) is 31.5 Å². The summed E-state index contributed by atoms with van der Waals surface area (Å²) in [5, 5.41) is 5.69. The van der Waals surface area contributed by atoms with Crippen LogP contribution in [0.1, 0.15) is 26.2 Å². The van der Waals surface area contributed by atoms with Gasteiger partial charge in [-0.1, -0.05) is 13.3 Å². The van der Waals surface area contributed by atoms with E-state index in [0.717, 1.165) is 44.0 Å². The summed E-state index contributed by atoms with van der Waals surface area (Å²) in [6.07, 6.45) is 2.34. The maximum Gasteiger partial charge on any atom is 0.232 e. The fourth-order valence-electron chi connectivity index (χ4n) is 2.59. The van der Waals surface area contributed by atoms with Crippen LogP contribution in [0.2, 0.25) is 0 Å². The van der Waals surface area contributed by atoms with E-state index in [4.69, 9.17) is 0 Å². The van der Waals surface area contributed by atoms with Crippen LogP contribution in [0.3, 0.4) is 0 Å². The Labute approximate surface area is 111 Å². The van der Waals surface area contributed by atoms with Crippen LogP contribution in [0.5, 0.6) is 0 Å². The van der Waals surface area contributed by atoms with Crippen LogP contribution in [0.15, 0.2) is 18.2 Å². The highest BCUT2D eigenvalue weighted by Crippen LogP contribution is 2.33. The molecule has 0 radical (unpaired) electrons. The molecule has 1 aliphatic rings. The van der Waals surface area contributed by atoms with Crippen LogP contribution in [-0.4, -0.2) is 19.0 Å². The lowest BCUT2D eigenvalue weighted by Gasteiger charge is -2.26. The maximum absolute atomic E-state index is 13.5. The molecule has 2 rings (SSSR count). The zero-order valence-corrected chi connectivity index (χ0v) is 10.9. The van der Waals surface area contributed by atoms with Gasteiger partial charge in [0.05, 0.1) is 11.1 Å². The van der Waals surface area contributed by atoms with E-state index in [-0.39, 0.29) is 11.6 Å². The van der Waals surface area contributed by atoms with Crippen LogP contribution >= 0.6 is 0 Å². The quantitative estimate of drug-likeness (QED) is 0.881. The van der Waals surface area contributed by atoms with Gasteiger partial charge in [-0.15, -0.1) is 0 Å². The lowest BCUT2D eigenvalue weighted by molar-refractivity contribution is -0.125. The number of hydrogen-bond acceptors (Lipinski definition) is 2. The van der Waals surface area contributed by atoms with E-state index in [9.17, 15) is 13.6 Å². The molecular weight excluding hydrogens is 250 g/mol. The van der Waals surface area contributed by atoms with E-state index >= 15 is 0 Å². The molecule has 0 spiro atoms. The van der Waals surface area contributed by atoms with Crippen molar-refractivity contribution >= 4 is 11.6 Å². The second-order valence-electron chi connectivity index (χ2n) is 5.04. The van der Waals surface area contributed by atoms with Gasteiger partial charge in [0, 0.05) is 12.6 Å². The first-order valence-corrected chi connectivity index (χ1v) is 6.54. The van der Waals surface area contributed by atoms with Gasteiger partial charge in [0.1, 0.15) is 11.6 Å². The van der Waals surface area contributed by atoms with Gasteiger partial charge >= 0.3 is 0 Å². The summed E-state index contributed by atoms with van der Waals surface area (Å²) in [6.45, 7) is 3.37. The first kappa shape index (κ1) is 13.9. The summed E-state index contributed by atoms with van der Waals surface area (Å²) in [6, 6.07) is 3.06. The van der Waals surface area contributed by atoms with Crippen molar-refractivity contribution in [3.8, 4) is 0 Å². The van der Waals surface area contributed by atoms with Gasteiger partial charge in [-0.2, -0.15) is 0 Å². The number of carbonyl (C=O) groups is 1. The smallest absolute Gasteiger partial charge is 0.232 e. The minimum Gasteiger partial charge on any atom is -0.323 e. The number of rotatable bonds is 4. The largest absolute Gasteiger partial charge is 0.323 e. The topological polar surface area (TPSA) is 41.1 Å². The molecule has 1 aliphatic heterocycles. The molecule has 104 valence electrons. The van der Waals surface area contributed by atoms with Gasteiger partial charge in [-0.25, -0.2) is 8.78 Å². The molecule has 0 aromatic heterocycles. The summed E-state index contributed by atoms with van der Waals surface area (Å²) in [5.41, 5.74) is -0.597. The average molecular weight is 268 g/mol. The molecule has 1 atom stereocenters. The molecule has 1 fully saturated rings. The monoisotopic (exact) mass is 268 g/mol. The van der Waals surface area contributed by atoms with Crippen LogP contribution < -0.4 is 10.6 Å². The summed E-state index contributed by atoms with van der Waals surface area (Å²) >= 11 is 0. The summed E-state index contributed by atoms with van der Waals surface area (Å²) in [7, 11) is 0. The van der Waals surface area contributed by atoms with Crippen LogP contribution in [0.4, 0.5) is 14.5 Å². The number of nitrogens with one attached hydrogen (secondary N) is 2. The second kappa shape index (κ2) is 5.65. The van der Waals surface area contributed by atoms with Crippen molar-refractivity contribution in [2.45, 2.75) is 26.2 Å². The van der Waals surface area contributed by atoms with Crippen molar-refractivity contribution in [1.82, 2.24) is 5.32 Å². The van der Waals surface area contributed by atoms with Crippen molar-refractivity contribution in [2.75, 3.05) is 18.4 Å². The predicted octanol–water partition coefficient (Wildman–Crippen LogP) is 2.68. The van der Waals surface area contributed by atoms with Gasteiger partial charge < -0.3 is 10.6 Å². The Morgan fingerprint density at radius 2 is 2.26 bits per heavy atom. The third-order valence-electron chi connectivity index (χ3n) is 3.63. The Hall–Kier alpha value is -1.49. The number of anilines is 1. The van der Waals surface area contributed by atoms with Crippen molar-refractivity contribution in [1.29, 1.82) is 0 Å². The van der Waals surface area contributed by atoms with Crippen LogP contribution in [0.25, 0.3) is 0 Å². The summed E-state index contributed by atoms with van der Waals surface area (Å²) < 4.78 is 26.6. The minimum atomic E-state index is -0.618. The third-order valence-corrected chi connectivity index (χ3v) is 3.63. The third kappa shape index (κ3) is 2.92. The first-order chi connectivity index (χ1) is 9.07. The van der Waals surface area contributed by atoms with Crippen molar-refractivity contribution in [3.05, 3.63) is 29.8 Å². The molecular formula is C14H18F2N2O. The molecule has 1 saturated heterocycles. The van der Waals surface area contributed by atoms with E-state index < -0.39 is 17.0 Å². The molecule has 0 aliphatic carbocycles. The lowest BCUT2D eigenvalue weighted by Crippen LogP contribution is -2.38. The Morgan fingerprint density at radius 1 is 1.47 bits per heavy atom. The lowest BCUT2D eigenvalue weighted by atomic mass is 9.81. The normalized spacial score (nSPS) is 22.5. The minimum absolute atomic E-state index is 0.0904. The number of amides is 1. The van der Waals surface area contributed by atoms with Crippen molar-refractivity contribution in [3.63, 3.8) is 0 Å². The Balaban J connectivity index is 2.17. The predicted molar refractivity (Wildman–Crippen MR) is 69.8 cm³/mol. The summed E-state index contributed by atoms with van der Waals surface area (Å²) in [4.78, 5) is 12.3. The standard InChI is InChI=1S/C14H18F2N2O/c1-2-5-14(6-7-17-9-14)13(19)18-12-8-10(15)3-4-11(12)16/h3-4,8,17H,2,5-7,9H2,1H3,(H,18,19). The van der Waals surface area contributed by atoms with Gasteiger partial charge in [0.2, 0.25) is 5.91 Å². The molecule has 0 bridgehead atoms. The molecule has 0 saturated carbocycles. The van der Waals surface area contributed by atoms with Gasteiger partial charge in [0.15, 0.2) is 0 Å². The number of carbonyl (C=O) groups excluding carboxylic acids is 1. The van der Waals surface area contributed by atoms with E-state index in [1.807, 2.05) is 6.92 Å². The summed E-state index contributed by atoms with van der Waals surface area (Å²) in [5.74, 6) is -1.41. The fourth-order valence-corrected chi connectivity index (χ4v) is 2.59.